The maximum absolute atomic E-state index is 12.2. The molecule has 2 rings (SSSR count). The number of fused-ring (bicyclic) bond motifs is 1. The highest BCUT2D eigenvalue weighted by Crippen LogP contribution is 2.21. The van der Waals surface area contributed by atoms with Crippen LogP contribution in [-0.2, 0) is 22.8 Å². The van der Waals surface area contributed by atoms with Crippen molar-refractivity contribution in [3.63, 3.8) is 0 Å². The fourth-order valence-corrected chi connectivity index (χ4v) is 3.49. The van der Waals surface area contributed by atoms with E-state index >= 15 is 0 Å². The number of nitrogens with zero attached hydrogens (tertiary/aromatic N) is 1. The van der Waals surface area contributed by atoms with Gasteiger partial charge in [-0.05, 0) is 39.7 Å². The van der Waals surface area contributed by atoms with Crippen LogP contribution in [0.2, 0.25) is 0 Å². The van der Waals surface area contributed by atoms with Gasteiger partial charge in [-0.1, -0.05) is 0 Å². The fraction of sp³-hybridized carbons (Fsp3) is 0.600. The number of aromatic nitrogens is 1. The Morgan fingerprint density at radius 2 is 1.81 bits per heavy atom. The van der Waals surface area contributed by atoms with E-state index in [1.807, 2.05) is 0 Å². The van der Waals surface area contributed by atoms with Crippen LogP contribution < -0.4 is 5.56 Å². The third kappa shape index (κ3) is 3.10. The highest BCUT2D eigenvalue weighted by molar-refractivity contribution is 7.92. The van der Waals surface area contributed by atoms with E-state index in [4.69, 9.17) is 0 Å². The average Bonchev–Trinajstić information content (AvgIpc) is 2.36. The molecule has 0 N–H and O–H groups in total. The number of carbonyl (C=O) groups is 1. The van der Waals surface area contributed by atoms with E-state index in [1.165, 1.54) is 10.6 Å². The van der Waals surface area contributed by atoms with Crippen molar-refractivity contribution in [2.45, 2.75) is 51.3 Å². The summed E-state index contributed by atoms with van der Waals surface area (Å²) in [5.74, 6) is -0.0650. The van der Waals surface area contributed by atoms with Gasteiger partial charge in [-0.3, -0.25) is 9.59 Å². The Labute approximate surface area is 124 Å². The van der Waals surface area contributed by atoms with Crippen LogP contribution in [0.25, 0.3) is 0 Å². The summed E-state index contributed by atoms with van der Waals surface area (Å²) in [5, 5.41) is 0. The predicted octanol–water partition coefficient (Wildman–Crippen LogP) is 1.58. The molecule has 6 heteroatoms. The van der Waals surface area contributed by atoms with E-state index in [0.29, 0.717) is 30.5 Å². The topological polar surface area (TPSA) is 73.2 Å². The van der Waals surface area contributed by atoms with Crippen molar-refractivity contribution in [2.75, 3.05) is 5.75 Å². The van der Waals surface area contributed by atoms with Gasteiger partial charge < -0.3 is 4.57 Å². The zero-order chi connectivity index (χ0) is 15.8. The largest absolute Gasteiger partial charge is 0.311 e. The van der Waals surface area contributed by atoms with Crippen LogP contribution in [0.1, 0.15) is 49.7 Å². The summed E-state index contributed by atoms with van der Waals surface area (Å²) in [7, 11) is -3.30. The van der Waals surface area contributed by atoms with Gasteiger partial charge in [0, 0.05) is 30.3 Å². The third-order valence-corrected chi connectivity index (χ3v) is 6.52. The maximum atomic E-state index is 12.2. The molecule has 1 heterocycles. The van der Waals surface area contributed by atoms with Gasteiger partial charge in [-0.2, -0.15) is 0 Å². The molecule has 1 aliphatic rings. The molecule has 0 aromatic carbocycles. The molecule has 1 aromatic heterocycles. The van der Waals surface area contributed by atoms with Crippen molar-refractivity contribution in [1.82, 2.24) is 4.57 Å². The normalized spacial score (nSPS) is 15.9. The SMILES string of the molecule is CC(C)(C)S(=O)(=O)CCn1c2c(ccc1=O)C(=O)CCC2. The van der Waals surface area contributed by atoms with Gasteiger partial charge in [0.1, 0.15) is 0 Å². The summed E-state index contributed by atoms with van der Waals surface area (Å²) in [6.07, 6.45) is 1.85. The van der Waals surface area contributed by atoms with E-state index < -0.39 is 14.6 Å². The van der Waals surface area contributed by atoms with E-state index in [0.717, 1.165) is 0 Å². The molecule has 1 aliphatic carbocycles. The molecule has 1 aromatic rings. The van der Waals surface area contributed by atoms with Gasteiger partial charge >= 0.3 is 0 Å². The first kappa shape index (κ1) is 15.9. The van der Waals surface area contributed by atoms with Crippen LogP contribution in [0, 0.1) is 0 Å². The number of hydrogen-bond donors (Lipinski definition) is 0. The van der Waals surface area contributed by atoms with Crippen molar-refractivity contribution < 1.29 is 13.2 Å². The van der Waals surface area contributed by atoms with E-state index in [-0.39, 0.29) is 23.6 Å². The van der Waals surface area contributed by atoms with Crippen molar-refractivity contribution in [3.05, 3.63) is 33.7 Å². The van der Waals surface area contributed by atoms with Gasteiger partial charge in [-0.25, -0.2) is 8.42 Å². The molecule has 0 amide bonds. The van der Waals surface area contributed by atoms with Crippen molar-refractivity contribution in [2.24, 2.45) is 0 Å². The number of sulfone groups is 1. The van der Waals surface area contributed by atoms with Gasteiger partial charge in [0.05, 0.1) is 10.5 Å². The molecule has 0 atom stereocenters. The Balaban J connectivity index is 2.36. The van der Waals surface area contributed by atoms with Crippen LogP contribution >= 0.6 is 0 Å². The van der Waals surface area contributed by atoms with Crippen LogP contribution in [-0.4, -0.2) is 29.3 Å². The van der Waals surface area contributed by atoms with E-state index in [1.54, 1.807) is 26.8 Å². The first-order chi connectivity index (χ1) is 9.63. The van der Waals surface area contributed by atoms with Gasteiger partial charge in [0.15, 0.2) is 15.6 Å². The van der Waals surface area contributed by atoms with Gasteiger partial charge in [-0.15, -0.1) is 0 Å². The second-order valence-corrected chi connectivity index (χ2v) is 9.25. The van der Waals surface area contributed by atoms with E-state index in [2.05, 4.69) is 0 Å². The molecule has 116 valence electrons. The van der Waals surface area contributed by atoms with Gasteiger partial charge in [0.2, 0.25) is 0 Å². The minimum atomic E-state index is -3.30. The number of Topliss-reactive ketones (excluding diaryl/α,β-unsaturated/α-hetero) is 1. The van der Waals surface area contributed by atoms with Crippen LogP contribution in [0.15, 0.2) is 16.9 Å². The van der Waals surface area contributed by atoms with Crippen molar-refractivity contribution in [1.29, 1.82) is 0 Å². The van der Waals surface area contributed by atoms with Crippen LogP contribution in [0.4, 0.5) is 0 Å². The molecular formula is C15H21NO4S. The van der Waals surface area contributed by atoms with Gasteiger partial charge in [0.25, 0.3) is 5.56 Å². The minimum absolute atomic E-state index is 0.0312. The second kappa shape index (κ2) is 5.40. The molecule has 21 heavy (non-hydrogen) atoms. The van der Waals surface area contributed by atoms with Crippen LogP contribution in [0.3, 0.4) is 0 Å². The monoisotopic (exact) mass is 311 g/mol. The minimum Gasteiger partial charge on any atom is -0.311 e. The Morgan fingerprint density at radius 1 is 1.14 bits per heavy atom. The first-order valence-corrected chi connectivity index (χ1v) is 8.77. The zero-order valence-corrected chi connectivity index (χ0v) is 13.5. The number of ketones is 1. The fourth-order valence-electron chi connectivity index (χ4n) is 2.46. The van der Waals surface area contributed by atoms with Crippen molar-refractivity contribution in [3.8, 4) is 0 Å². The summed E-state index contributed by atoms with van der Waals surface area (Å²) < 4.78 is 25.0. The lowest BCUT2D eigenvalue weighted by molar-refractivity contribution is 0.0970. The van der Waals surface area contributed by atoms with E-state index in [9.17, 15) is 18.0 Å². The lowest BCUT2D eigenvalue weighted by Gasteiger charge is -2.22. The highest BCUT2D eigenvalue weighted by Gasteiger charge is 2.29. The molecule has 0 saturated heterocycles. The molecule has 0 aliphatic heterocycles. The molecular weight excluding hydrogens is 290 g/mol. The summed E-state index contributed by atoms with van der Waals surface area (Å²) in [5.41, 5.74) is 1.00. The molecule has 0 spiro atoms. The Hall–Kier alpha value is -1.43. The predicted molar refractivity (Wildman–Crippen MR) is 81.5 cm³/mol. The van der Waals surface area contributed by atoms with Crippen LogP contribution in [0.5, 0.6) is 0 Å². The first-order valence-electron chi connectivity index (χ1n) is 7.12. The summed E-state index contributed by atoms with van der Waals surface area (Å²) in [6.45, 7) is 5.05. The Kier molecular flexibility index (Phi) is 4.10. The lowest BCUT2D eigenvalue weighted by Crippen LogP contribution is -2.35. The number of hydrogen-bond acceptors (Lipinski definition) is 4. The molecule has 0 saturated carbocycles. The smallest absolute Gasteiger partial charge is 0.250 e. The third-order valence-electron chi connectivity index (χ3n) is 3.93. The molecule has 0 fully saturated rings. The lowest BCUT2D eigenvalue weighted by atomic mass is 9.94. The number of pyridine rings is 1. The second-order valence-electron chi connectivity index (χ2n) is 6.39. The summed E-state index contributed by atoms with van der Waals surface area (Å²) in [6, 6.07) is 2.92. The Bertz CT molecular complexity index is 723. The van der Waals surface area contributed by atoms with Crippen molar-refractivity contribution >= 4 is 15.6 Å². The maximum Gasteiger partial charge on any atom is 0.250 e. The highest BCUT2D eigenvalue weighted by atomic mass is 32.2. The zero-order valence-electron chi connectivity index (χ0n) is 12.7. The molecule has 0 radical (unpaired) electrons. The number of rotatable bonds is 3. The quantitative estimate of drug-likeness (QED) is 0.849. The molecule has 0 bridgehead atoms. The standard InChI is InChI=1S/C15H21NO4S/c1-15(2,3)21(19,20)10-9-16-12-5-4-6-13(17)11(12)7-8-14(16)18/h7-8H,4-6,9-10H2,1-3H3. The average molecular weight is 311 g/mol. The molecule has 5 nitrogen and oxygen atoms in total. The summed E-state index contributed by atoms with van der Waals surface area (Å²) >= 11 is 0. The number of carbonyl (C=O) groups excluding carboxylic acids is 1. The Morgan fingerprint density at radius 3 is 2.43 bits per heavy atom. The molecule has 0 unspecified atom stereocenters. The summed E-state index contributed by atoms with van der Waals surface area (Å²) in [4.78, 5) is 23.9.